The summed E-state index contributed by atoms with van der Waals surface area (Å²) in [6.07, 6.45) is 0. The standard InChI is InChI=1S/C12H14O2S2/c1-11(2)13-7-5-10-8(6-9(7)15-11)14-12(3,4)16-10/h5-6H,1-4H3. The third kappa shape index (κ3) is 1.68. The van der Waals surface area contributed by atoms with Crippen LogP contribution in [0.4, 0.5) is 0 Å². The largest absolute Gasteiger partial charge is 0.476 e. The van der Waals surface area contributed by atoms with Gasteiger partial charge in [0.25, 0.3) is 0 Å². The van der Waals surface area contributed by atoms with Crippen molar-refractivity contribution < 1.29 is 9.47 Å². The Kier molecular flexibility index (Phi) is 2.03. The van der Waals surface area contributed by atoms with E-state index in [1.54, 1.807) is 23.5 Å². The van der Waals surface area contributed by atoms with Crippen LogP contribution in [0.15, 0.2) is 21.9 Å². The first-order valence-electron chi connectivity index (χ1n) is 5.29. The molecule has 0 aromatic heterocycles. The van der Waals surface area contributed by atoms with Crippen LogP contribution >= 0.6 is 23.5 Å². The third-order valence-corrected chi connectivity index (χ3v) is 4.66. The smallest absolute Gasteiger partial charge is 0.153 e. The van der Waals surface area contributed by atoms with Gasteiger partial charge < -0.3 is 9.47 Å². The Balaban J connectivity index is 2.02. The van der Waals surface area contributed by atoms with Crippen LogP contribution in [0.1, 0.15) is 27.7 Å². The molecular formula is C12H14O2S2. The number of ether oxygens (including phenoxy) is 2. The molecule has 0 bridgehead atoms. The van der Waals surface area contributed by atoms with Crippen molar-refractivity contribution in [3.8, 4) is 11.5 Å². The molecule has 2 heterocycles. The lowest BCUT2D eigenvalue weighted by Crippen LogP contribution is -2.18. The van der Waals surface area contributed by atoms with E-state index in [0.29, 0.717) is 0 Å². The molecule has 0 saturated carbocycles. The monoisotopic (exact) mass is 254 g/mol. The molecule has 0 spiro atoms. The fourth-order valence-electron chi connectivity index (χ4n) is 1.94. The second kappa shape index (κ2) is 3.05. The molecule has 86 valence electrons. The second-order valence-electron chi connectivity index (χ2n) is 4.95. The molecule has 0 radical (unpaired) electrons. The van der Waals surface area contributed by atoms with Gasteiger partial charge >= 0.3 is 0 Å². The van der Waals surface area contributed by atoms with Gasteiger partial charge in [0, 0.05) is 0 Å². The van der Waals surface area contributed by atoms with Crippen LogP contribution in [-0.4, -0.2) is 9.87 Å². The minimum Gasteiger partial charge on any atom is -0.476 e. The molecule has 0 saturated heterocycles. The van der Waals surface area contributed by atoms with E-state index in [1.807, 2.05) is 0 Å². The normalized spacial score (nSPS) is 23.2. The summed E-state index contributed by atoms with van der Waals surface area (Å²) in [5.74, 6) is 1.98. The van der Waals surface area contributed by atoms with Crippen molar-refractivity contribution in [2.24, 2.45) is 0 Å². The number of thioether (sulfide) groups is 2. The van der Waals surface area contributed by atoms with Gasteiger partial charge in [-0.1, -0.05) is 23.5 Å². The predicted molar refractivity (Wildman–Crippen MR) is 67.6 cm³/mol. The fourth-order valence-corrected chi connectivity index (χ4v) is 4.00. The lowest BCUT2D eigenvalue weighted by Gasteiger charge is -2.16. The molecule has 3 rings (SSSR count). The summed E-state index contributed by atoms with van der Waals surface area (Å²) in [6.45, 7) is 8.34. The average molecular weight is 254 g/mol. The van der Waals surface area contributed by atoms with Gasteiger partial charge in [-0.25, -0.2) is 0 Å². The Morgan fingerprint density at radius 3 is 1.56 bits per heavy atom. The topological polar surface area (TPSA) is 18.5 Å². The van der Waals surface area contributed by atoms with Crippen LogP contribution in [0.2, 0.25) is 0 Å². The highest BCUT2D eigenvalue weighted by molar-refractivity contribution is 8.01. The Morgan fingerprint density at radius 2 is 1.19 bits per heavy atom. The SMILES string of the molecule is CC1(C)Oc2cc3c(cc2S1)OC(C)(C)S3. The van der Waals surface area contributed by atoms with Crippen molar-refractivity contribution in [3.63, 3.8) is 0 Å². The first kappa shape index (κ1) is 10.7. The minimum absolute atomic E-state index is 0.155. The lowest BCUT2D eigenvalue weighted by molar-refractivity contribution is 0.208. The average Bonchev–Trinajstić information content (AvgIpc) is 2.51. The van der Waals surface area contributed by atoms with Crippen molar-refractivity contribution in [1.29, 1.82) is 0 Å². The number of fused-ring (bicyclic) bond motifs is 2. The molecule has 1 aromatic carbocycles. The molecular weight excluding hydrogens is 240 g/mol. The van der Waals surface area contributed by atoms with Crippen molar-refractivity contribution in [1.82, 2.24) is 0 Å². The van der Waals surface area contributed by atoms with Gasteiger partial charge in [0.05, 0.1) is 9.79 Å². The second-order valence-corrected chi connectivity index (χ2v) is 8.21. The van der Waals surface area contributed by atoms with Crippen LogP contribution in [-0.2, 0) is 0 Å². The van der Waals surface area contributed by atoms with E-state index in [1.165, 1.54) is 9.79 Å². The molecule has 0 unspecified atom stereocenters. The molecule has 2 aliphatic rings. The molecule has 0 amide bonds. The maximum atomic E-state index is 5.88. The zero-order chi connectivity index (χ0) is 11.6. The summed E-state index contributed by atoms with van der Waals surface area (Å²) >= 11 is 3.50. The van der Waals surface area contributed by atoms with Crippen LogP contribution in [0.5, 0.6) is 11.5 Å². The minimum atomic E-state index is -0.155. The summed E-state index contributed by atoms with van der Waals surface area (Å²) in [7, 11) is 0. The summed E-state index contributed by atoms with van der Waals surface area (Å²) in [5, 5.41) is 0. The highest BCUT2D eigenvalue weighted by atomic mass is 32.2. The maximum Gasteiger partial charge on any atom is 0.153 e. The first-order valence-corrected chi connectivity index (χ1v) is 6.92. The van der Waals surface area contributed by atoms with Crippen LogP contribution in [0, 0.1) is 0 Å². The zero-order valence-electron chi connectivity index (χ0n) is 9.79. The van der Waals surface area contributed by atoms with Gasteiger partial charge in [-0.15, -0.1) is 0 Å². The first-order chi connectivity index (χ1) is 7.35. The predicted octanol–water partition coefficient (Wildman–Crippen LogP) is 4.13. The van der Waals surface area contributed by atoms with Crippen molar-refractivity contribution >= 4 is 23.5 Å². The fraction of sp³-hybridized carbons (Fsp3) is 0.500. The molecule has 1 aromatic rings. The number of hydrogen-bond acceptors (Lipinski definition) is 4. The van der Waals surface area contributed by atoms with Crippen LogP contribution in [0.3, 0.4) is 0 Å². The van der Waals surface area contributed by atoms with Crippen LogP contribution in [0.25, 0.3) is 0 Å². The van der Waals surface area contributed by atoms with E-state index in [9.17, 15) is 0 Å². The van der Waals surface area contributed by atoms with Gasteiger partial charge in [-0.05, 0) is 39.8 Å². The Hall–Kier alpha value is -0.480. The zero-order valence-corrected chi connectivity index (χ0v) is 11.4. The van der Waals surface area contributed by atoms with E-state index in [-0.39, 0.29) is 9.87 Å². The van der Waals surface area contributed by atoms with Gasteiger partial charge in [0.15, 0.2) is 9.87 Å². The molecule has 16 heavy (non-hydrogen) atoms. The van der Waals surface area contributed by atoms with Gasteiger partial charge in [0.2, 0.25) is 0 Å². The Bertz CT molecular complexity index is 388. The van der Waals surface area contributed by atoms with E-state index >= 15 is 0 Å². The lowest BCUT2D eigenvalue weighted by atomic mass is 10.3. The highest BCUT2D eigenvalue weighted by Crippen LogP contribution is 2.55. The van der Waals surface area contributed by atoms with Gasteiger partial charge in [0.1, 0.15) is 11.5 Å². The van der Waals surface area contributed by atoms with Crippen molar-refractivity contribution in [2.45, 2.75) is 47.4 Å². The third-order valence-electron chi connectivity index (χ3n) is 2.43. The van der Waals surface area contributed by atoms with Gasteiger partial charge in [-0.2, -0.15) is 0 Å². The quantitative estimate of drug-likeness (QED) is 0.692. The van der Waals surface area contributed by atoms with Gasteiger partial charge in [-0.3, -0.25) is 0 Å². The molecule has 0 N–H and O–H groups in total. The Morgan fingerprint density at radius 1 is 0.812 bits per heavy atom. The number of hydrogen-bond donors (Lipinski definition) is 0. The molecule has 2 nitrogen and oxygen atoms in total. The van der Waals surface area contributed by atoms with E-state index < -0.39 is 0 Å². The number of rotatable bonds is 0. The molecule has 0 aliphatic carbocycles. The van der Waals surface area contributed by atoms with E-state index in [4.69, 9.17) is 9.47 Å². The maximum absolute atomic E-state index is 5.88. The Labute approximate surface area is 104 Å². The number of benzene rings is 1. The van der Waals surface area contributed by atoms with Crippen molar-refractivity contribution in [2.75, 3.05) is 0 Å². The van der Waals surface area contributed by atoms with Crippen LogP contribution < -0.4 is 9.47 Å². The highest BCUT2D eigenvalue weighted by Gasteiger charge is 2.37. The molecule has 0 atom stereocenters. The van der Waals surface area contributed by atoms with E-state index in [0.717, 1.165) is 11.5 Å². The summed E-state index contributed by atoms with van der Waals surface area (Å²) in [6, 6.07) is 4.21. The summed E-state index contributed by atoms with van der Waals surface area (Å²) < 4.78 is 11.8. The molecule has 4 heteroatoms. The van der Waals surface area contributed by atoms with Crippen molar-refractivity contribution in [3.05, 3.63) is 12.1 Å². The molecule has 0 fully saturated rings. The summed E-state index contributed by atoms with van der Waals surface area (Å²) in [5.41, 5.74) is 0. The van der Waals surface area contributed by atoms with E-state index in [2.05, 4.69) is 39.8 Å². The molecule has 2 aliphatic heterocycles. The summed E-state index contributed by atoms with van der Waals surface area (Å²) in [4.78, 5) is 2.05.